The molecule has 0 heterocycles. The minimum atomic E-state index is -3.66. The fraction of sp³-hybridized carbons (Fsp3) is 0.700. The molecule has 0 bridgehead atoms. The Labute approximate surface area is 97.9 Å². The average molecular weight is 251 g/mol. The van der Waals surface area contributed by atoms with Gasteiger partial charge in [0.25, 0.3) is 10.1 Å². The van der Waals surface area contributed by atoms with Crippen LogP contribution in [0.3, 0.4) is 0 Å². The maximum Gasteiger partial charge on any atom is 0.264 e. The van der Waals surface area contributed by atoms with Crippen LogP contribution in [0, 0.1) is 0 Å². The zero-order valence-electron chi connectivity index (χ0n) is 10.4. The molecule has 0 aromatic heterocycles. The molecular weight excluding hydrogens is 230 g/mol. The van der Waals surface area contributed by atoms with Crippen LogP contribution < -0.4 is 0 Å². The maximum atomic E-state index is 10.9. The van der Waals surface area contributed by atoms with Gasteiger partial charge >= 0.3 is 0 Å². The van der Waals surface area contributed by atoms with Gasteiger partial charge in [0.1, 0.15) is 0 Å². The van der Waals surface area contributed by atoms with E-state index < -0.39 is 10.1 Å². The van der Waals surface area contributed by atoms with Gasteiger partial charge in [-0.15, -0.1) is 0 Å². The molecule has 0 saturated carbocycles. The molecule has 1 N–H and O–H groups in total. The Bertz CT molecular complexity index is 320. The second-order valence-electron chi connectivity index (χ2n) is 3.63. The Morgan fingerprint density at radius 2 is 1.75 bits per heavy atom. The summed E-state index contributed by atoms with van der Waals surface area (Å²) < 4.78 is 26.9. The van der Waals surface area contributed by atoms with Crippen molar-refractivity contribution in [1.82, 2.24) is 4.90 Å². The first-order valence-corrected chi connectivity index (χ1v) is 6.49. The van der Waals surface area contributed by atoms with Crippen LogP contribution in [-0.4, -0.2) is 50.0 Å². The molecule has 0 aromatic carbocycles. The number of allylic oxidation sites excluding steroid dienone is 1. The fourth-order valence-electron chi connectivity index (χ4n) is 0.539. The van der Waals surface area contributed by atoms with E-state index in [0.717, 1.165) is 6.54 Å². The van der Waals surface area contributed by atoms with Gasteiger partial charge in [0, 0.05) is 13.0 Å². The molecule has 0 aliphatic heterocycles. The predicted octanol–water partition coefficient (Wildman–Crippen LogP) is 0.977. The molecule has 16 heavy (non-hydrogen) atoms. The lowest BCUT2D eigenvalue weighted by molar-refractivity contribution is -0.115. The number of hydrogen-bond donors (Lipinski definition) is 1. The molecule has 0 unspecified atom stereocenters. The summed E-state index contributed by atoms with van der Waals surface area (Å²) >= 11 is 0. The van der Waals surface area contributed by atoms with Crippen LogP contribution in [0.1, 0.15) is 20.3 Å². The summed E-state index contributed by atoms with van der Waals surface area (Å²) in [6, 6.07) is 0. The van der Waals surface area contributed by atoms with Crippen molar-refractivity contribution in [1.29, 1.82) is 0 Å². The molecule has 0 fully saturated rings. The number of carbonyl (C=O) groups excluding carboxylic acids is 1. The summed E-state index contributed by atoms with van der Waals surface area (Å²) in [7, 11) is 0.238. The van der Waals surface area contributed by atoms with Crippen molar-refractivity contribution in [2.75, 3.05) is 26.4 Å². The number of hydrogen-bond acceptors (Lipinski definition) is 4. The number of rotatable bonds is 5. The summed E-state index contributed by atoms with van der Waals surface area (Å²) in [6.07, 6.45) is 0.586. The molecule has 0 aliphatic carbocycles. The average Bonchev–Trinajstić information content (AvgIpc) is 2.13. The van der Waals surface area contributed by atoms with Crippen molar-refractivity contribution in [3.8, 4) is 0 Å². The van der Waals surface area contributed by atoms with Crippen molar-refractivity contribution in [2.24, 2.45) is 0 Å². The Morgan fingerprint density at radius 1 is 1.38 bits per heavy atom. The summed E-state index contributed by atoms with van der Waals surface area (Å²) in [6.45, 7) is 7.49. The molecule has 6 heteroatoms. The van der Waals surface area contributed by atoms with Gasteiger partial charge in [0.05, 0.1) is 5.75 Å². The third-order valence-electron chi connectivity index (χ3n) is 1.63. The van der Waals surface area contributed by atoms with E-state index in [1.807, 2.05) is 19.0 Å². The van der Waals surface area contributed by atoms with Gasteiger partial charge in [-0.2, -0.15) is 8.42 Å². The highest BCUT2D eigenvalue weighted by Gasteiger charge is 2.01. The van der Waals surface area contributed by atoms with E-state index in [0.29, 0.717) is 12.0 Å². The molecule has 0 aliphatic rings. The third-order valence-corrected chi connectivity index (χ3v) is 2.36. The van der Waals surface area contributed by atoms with Crippen LogP contribution in [0.4, 0.5) is 0 Å². The van der Waals surface area contributed by atoms with Crippen LogP contribution >= 0.6 is 0 Å². The van der Waals surface area contributed by atoms with Gasteiger partial charge in [0.2, 0.25) is 0 Å². The standard InChI is InChI=1S/C8H15NO.C2H6O3S/c1-7(2)8(10)5-6-9(3)4;1-2-6(3,4)5/h1,5-6H2,2-4H3;2H2,1H3,(H,3,4,5). The van der Waals surface area contributed by atoms with Gasteiger partial charge in [0.15, 0.2) is 5.78 Å². The first kappa shape index (κ1) is 17.7. The second-order valence-corrected chi connectivity index (χ2v) is 5.37. The number of Topliss-reactive ketones (excluding diaryl/α,β-unsaturated/α-hetero) is 1. The molecule has 0 amide bonds. The zero-order chi connectivity index (χ0) is 13.4. The Balaban J connectivity index is 0. The summed E-state index contributed by atoms with van der Waals surface area (Å²) in [5.74, 6) is -0.0406. The van der Waals surface area contributed by atoms with E-state index >= 15 is 0 Å². The lowest BCUT2D eigenvalue weighted by atomic mass is 10.1. The largest absolute Gasteiger partial charge is 0.309 e. The molecule has 0 saturated heterocycles. The van der Waals surface area contributed by atoms with Crippen molar-refractivity contribution < 1.29 is 17.8 Å². The lowest BCUT2D eigenvalue weighted by Gasteiger charge is -2.07. The van der Waals surface area contributed by atoms with Crippen LogP contribution in [0.5, 0.6) is 0 Å². The van der Waals surface area contributed by atoms with Crippen LogP contribution in [-0.2, 0) is 14.9 Å². The van der Waals surface area contributed by atoms with Crippen molar-refractivity contribution >= 4 is 15.9 Å². The Morgan fingerprint density at radius 3 is 1.94 bits per heavy atom. The topological polar surface area (TPSA) is 74.7 Å². The fourth-order valence-corrected chi connectivity index (χ4v) is 0.539. The first-order valence-electron chi connectivity index (χ1n) is 4.88. The number of ketones is 1. The minimum Gasteiger partial charge on any atom is -0.309 e. The molecule has 0 radical (unpaired) electrons. The molecule has 5 nitrogen and oxygen atoms in total. The zero-order valence-corrected chi connectivity index (χ0v) is 11.2. The van der Waals surface area contributed by atoms with Gasteiger partial charge in [-0.1, -0.05) is 6.58 Å². The SMILES string of the molecule is C=C(C)C(=O)CCN(C)C.CCS(=O)(=O)O. The molecule has 0 atom stereocenters. The van der Waals surface area contributed by atoms with E-state index in [9.17, 15) is 13.2 Å². The Hall–Kier alpha value is -0.720. The van der Waals surface area contributed by atoms with E-state index in [1.165, 1.54) is 6.92 Å². The van der Waals surface area contributed by atoms with Crippen molar-refractivity contribution in [3.05, 3.63) is 12.2 Å². The summed E-state index contributed by atoms with van der Waals surface area (Å²) in [4.78, 5) is 12.9. The first-order chi connectivity index (χ1) is 7.10. The maximum absolute atomic E-state index is 10.9. The molecule has 96 valence electrons. The summed E-state index contributed by atoms with van der Waals surface area (Å²) in [5.41, 5.74) is 0.654. The monoisotopic (exact) mass is 251 g/mol. The van der Waals surface area contributed by atoms with Gasteiger partial charge in [-0.3, -0.25) is 9.35 Å². The molecule has 0 aromatic rings. The highest BCUT2D eigenvalue weighted by molar-refractivity contribution is 7.85. The molecule has 0 rings (SSSR count). The van der Waals surface area contributed by atoms with E-state index in [1.54, 1.807) is 6.92 Å². The van der Waals surface area contributed by atoms with Crippen LogP contribution in [0.15, 0.2) is 12.2 Å². The number of nitrogens with zero attached hydrogens (tertiary/aromatic N) is 1. The highest BCUT2D eigenvalue weighted by Crippen LogP contribution is 1.95. The Kier molecular flexibility index (Phi) is 9.31. The van der Waals surface area contributed by atoms with Crippen LogP contribution in [0.2, 0.25) is 0 Å². The van der Waals surface area contributed by atoms with Gasteiger partial charge < -0.3 is 4.90 Å². The highest BCUT2D eigenvalue weighted by atomic mass is 32.2. The predicted molar refractivity (Wildman–Crippen MR) is 65.1 cm³/mol. The van der Waals surface area contributed by atoms with E-state index in [2.05, 4.69) is 6.58 Å². The van der Waals surface area contributed by atoms with E-state index in [-0.39, 0.29) is 11.5 Å². The van der Waals surface area contributed by atoms with Gasteiger partial charge in [-0.05, 0) is 33.5 Å². The van der Waals surface area contributed by atoms with Crippen molar-refractivity contribution in [3.63, 3.8) is 0 Å². The normalized spacial score (nSPS) is 10.6. The lowest BCUT2D eigenvalue weighted by Crippen LogP contribution is -2.16. The molecular formula is C10H21NO4S. The third kappa shape index (κ3) is 15.7. The quantitative estimate of drug-likeness (QED) is 0.582. The van der Waals surface area contributed by atoms with Crippen molar-refractivity contribution in [2.45, 2.75) is 20.3 Å². The van der Waals surface area contributed by atoms with E-state index in [4.69, 9.17) is 4.55 Å². The second kappa shape index (κ2) is 8.43. The molecule has 0 spiro atoms. The minimum absolute atomic E-state index is 0.161. The summed E-state index contributed by atoms with van der Waals surface area (Å²) in [5, 5.41) is 0. The number of carbonyl (C=O) groups is 1. The van der Waals surface area contributed by atoms with Gasteiger partial charge in [-0.25, -0.2) is 0 Å². The smallest absolute Gasteiger partial charge is 0.264 e. The van der Waals surface area contributed by atoms with Crippen LogP contribution in [0.25, 0.3) is 0 Å².